The number of rotatable bonds is 8. The average Bonchev–Trinajstić information content (AvgIpc) is 3.19. The third kappa shape index (κ3) is 6.30. The third-order valence-corrected chi connectivity index (χ3v) is 4.90. The van der Waals surface area contributed by atoms with Gasteiger partial charge < -0.3 is 14.2 Å². The second-order valence-corrected chi connectivity index (χ2v) is 7.50. The minimum Gasteiger partial charge on any atom is -0.497 e. The van der Waals surface area contributed by atoms with Crippen molar-refractivity contribution >= 4 is 44.3 Å². The molecule has 0 atom stereocenters. The molecule has 3 aromatic rings. The van der Waals surface area contributed by atoms with Crippen LogP contribution in [0.25, 0.3) is 11.3 Å². The van der Waals surface area contributed by atoms with Crippen molar-refractivity contribution in [1.82, 2.24) is 4.98 Å². The van der Waals surface area contributed by atoms with E-state index in [1.165, 1.54) is 11.3 Å². The molecule has 1 aromatic heterocycles. The quantitative estimate of drug-likeness (QED) is 0.491. The molecular weight excluding hydrogens is 460 g/mol. The molecule has 150 valence electrons. The summed E-state index contributed by atoms with van der Waals surface area (Å²) in [5.41, 5.74) is 1.63. The molecule has 0 unspecified atom stereocenters. The van der Waals surface area contributed by atoms with Crippen LogP contribution in [0.4, 0.5) is 5.13 Å². The molecule has 0 bridgehead atoms. The molecule has 0 aliphatic heterocycles. The Morgan fingerprint density at radius 1 is 1.10 bits per heavy atom. The van der Waals surface area contributed by atoms with Gasteiger partial charge in [-0.3, -0.25) is 10.1 Å². The summed E-state index contributed by atoms with van der Waals surface area (Å²) in [6.45, 7) is -0.708. The number of thiazole rings is 1. The van der Waals surface area contributed by atoms with Crippen LogP contribution < -0.4 is 14.8 Å². The molecule has 0 fully saturated rings. The molecule has 9 heteroatoms. The van der Waals surface area contributed by atoms with Crippen molar-refractivity contribution in [1.29, 1.82) is 0 Å². The summed E-state index contributed by atoms with van der Waals surface area (Å²) in [5.74, 6) is 0.160. The first-order chi connectivity index (χ1) is 14.0. The second kappa shape index (κ2) is 10.0. The van der Waals surface area contributed by atoms with Gasteiger partial charge in [0.15, 0.2) is 18.3 Å². The van der Waals surface area contributed by atoms with Crippen LogP contribution in [0.5, 0.6) is 11.5 Å². The number of anilines is 1. The number of aromatic nitrogens is 1. The van der Waals surface area contributed by atoms with E-state index < -0.39 is 18.5 Å². The van der Waals surface area contributed by atoms with Crippen molar-refractivity contribution in [3.63, 3.8) is 0 Å². The van der Waals surface area contributed by atoms with E-state index in [9.17, 15) is 9.59 Å². The van der Waals surface area contributed by atoms with Gasteiger partial charge in [-0.2, -0.15) is 0 Å². The lowest BCUT2D eigenvalue weighted by Gasteiger charge is -2.07. The van der Waals surface area contributed by atoms with Gasteiger partial charge in [0.05, 0.1) is 12.8 Å². The van der Waals surface area contributed by atoms with Gasteiger partial charge in [0, 0.05) is 15.4 Å². The molecule has 7 nitrogen and oxygen atoms in total. The Kier molecular flexibility index (Phi) is 7.20. The van der Waals surface area contributed by atoms with E-state index >= 15 is 0 Å². The van der Waals surface area contributed by atoms with E-state index in [-0.39, 0.29) is 6.61 Å². The molecular formula is C20H17BrN2O5S. The Bertz CT molecular complexity index is 991. The monoisotopic (exact) mass is 476 g/mol. The largest absolute Gasteiger partial charge is 0.497 e. The lowest BCUT2D eigenvalue weighted by atomic mass is 10.2. The zero-order valence-electron chi connectivity index (χ0n) is 15.4. The van der Waals surface area contributed by atoms with Gasteiger partial charge in [-0.1, -0.05) is 22.0 Å². The van der Waals surface area contributed by atoms with Crippen molar-refractivity contribution in [2.45, 2.75) is 0 Å². The molecule has 1 N–H and O–H groups in total. The number of carbonyl (C=O) groups is 2. The van der Waals surface area contributed by atoms with E-state index in [4.69, 9.17) is 14.2 Å². The zero-order valence-corrected chi connectivity index (χ0v) is 17.8. The smallest absolute Gasteiger partial charge is 0.344 e. The highest BCUT2D eigenvalue weighted by Gasteiger charge is 2.11. The molecule has 0 spiro atoms. The van der Waals surface area contributed by atoms with E-state index in [0.717, 1.165) is 21.5 Å². The van der Waals surface area contributed by atoms with Gasteiger partial charge in [0.1, 0.15) is 11.5 Å². The molecule has 0 aliphatic rings. The first kappa shape index (κ1) is 20.8. The number of benzene rings is 2. The molecule has 2 aromatic carbocycles. The van der Waals surface area contributed by atoms with Crippen LogP contribution in [0.1, 0.15) is 0 Å². The summed E-state index contributed by atoms with van der Waals surface area (Å²) in [7, 11) is 1.60. The maximum Gasteiger partial charge on any atom is 0.344 e. The Balaban J connectivity index is 1.44. The molecule has 1 amide bonds. The second-order valence-electron chi connectivity index (χ2n) is 5.72. The summed E-state index contributed by atoms with van der Waals surface area (Å²) in [5, 5.41) is 4.86. The fourth-order valence-corrected chi connectivity index (χ4v) is 3.38. The molecule has 0 aliphatic carbocycles. The normalized spacial score (nSPS) is 10.3. The highest BCUT2D eigenvalue weighted by atomic mass is 79.9. The van der Waals surface area contributed by atoms with Gasteiger partial charge in [-0.15, -0.1) is 11.3 Å². The summed E-state index contributed by atoms with van der Waals surface area (Å²) >= 11 is 4.60. The number of methoxy groups -OCH3 is 1. The van der Waals surface area contributed by atoms with Crippen molar-refractivity contribution in [3.05, 3.63) is 58.4 Å². The van der Waals surface area contributed by atoms with Crippen LogP contribution in [0.15, 0.2) is 58.4 Å². The maximum absolute atomic E-state index is 12.0. The Hall–Kier alpha value is -2.91. The lowest BCUT2D eigenvalue weighted by Crippen LogP contribution is -2.23. The van der Waals surface area contributed by atoms with Crippen LogP contribution in [-0.4, -0.2) is 37.2 Å². The number of nitrogens with one attached hydrogen (secondary N) is 1. The van der Waals surface area contributed by atoms with Gasteiger partial charge in [0.25, 0.3) is 5.91 Å². The van der Waals surface area contributed by atoms with Gasteiger partial charge in [-0.05, 0) is 42.5 Å². The Labute approximate surface area is 179 Å². The van der Waals surface area contributed by atoms with Gasteiger partial charge in [-0.25, -0.2) is 9.78 Å². The van der Waals surface area contributed by atoms with Crippen molar-refractivity contribution < 1.29 is 23.8 Å². The minimum atomic E-state index is -0.641. The molecule has 0 saturated carbocycles. The van der Waals surface area contributed by atoms with Crippen LogP contribution in [-0.2, 0) is 14.3 Å². The van der Waals surface area contributed by atoms with Crippen molar-refractivity contribution in [2.24, 2.45) is 0 Å². The highest BCUT2D eigenvalue weighted by molar-refractivity contribution is 9.10. The van der Waals surface area contributed by atoms with Crippen molar-refractivity contribution in [2.75, 3.05) is 25.6 Å². The number of amides is 1. The maximum atomic E-state index is 12.0. The predicted octanol–water partition coefficient (Wildman–Crippen LogP) is 4.14. The van der Waals surface area contributed by atoms with Crippen LogP contribution in [0, 0.1) is 0 Å². The molecule has 1 heterocycles. The molecule has 29 heavy (non-hydrogen) atoms. The van der Waals surface area contributed by atoms with Crippen LogP contribution in [0.3, 0.4) is 0 Å². The number of carbonyl (C=O) groups excluding carboxylic acids is 2. The number of ether oxygens (including phenoxy) is 3. The lowest BCUT2D eigenvalue weighted by molar-refractivity contribution is -0.149. The van der Waals surface area contributed by atoms with Gasteiger partial charge >= 0.3 is 5.97 Å². The Morgan fingerprint density at radius 3 is 2.62 bits per heavy atom. The first-order valence-electron chi connectivity index (χ1n) is 8.47. The first-order valence-corrected chi connectivity index (χ1v) is 10.1. The molecule has 3 rings (SSSR count). The predicted molar refractivity (Wildman–Crippen MR) is 113 cm³/mol. The van der Waals surface area contributed by atoms with E-state index in [1.54, 1.807) is 25.3 Å². The summed E-state index contributed by atoms with van der Waals surface area (Å²) in [6.07, 6.45) is 0. The average molecular weight is 477 g/mol. The standard InChI is InChI=1S/C20H17BrN2O5S/c1-26-15-7-5-13(6-8-15)17-12-29-20(22-17)23-18(24)10-28-19(25)11-27-16-4-2-3-14(21)9-16/h2-9,12H,10-11H2,1H3,(H,22,23,24). The van der Waals surface area contributed by atoms with Gasteiger partial charge in [0.2, 0.25) is 0 Å². The fourth-order valence-electron chi connectivity index (χ4n) is 2.27. The topological polar surface area (TPSA) is 86.8 Å². The number of hydrogen-bond acceptors (Lipinski definition) is 7. The summed E-state index contributed by atoms with van der Waals surface area (Å²) in [4.78, 5) is 28.1. The summed E-state index contributed by atoms with van der Waals surface area (Å²) in [6, 6.07) is 14.5. The highest BCUT2D eigenvalue weighted by Crippen LogP contribution is 2.26. The molecule has 0 saturated heterocycles. The zero-order chi connectivity index (χ0) is 20.6. The number of hydrogen-bond donors (Lipinski definition) is 1. The summed E-state index contributed by atoms with van der Waals surface area (Å²) < 4.78 is 16.2. The SMILES string of the molecule is COc1ccc(-c2csc(NC(=O)COC(=O)COc3cccc(Br)c3)n2)cc1. The van der Waals surface area contributed by atoms with Crippen LogP contribution in [0.2, 0.25) is 0 Å². The molecule has 0 radical (unpaired) electrons. The third-order valence-electron chi connectivity index (χ3n) is 3.65. The van der Waals surface area contributed by atoms with Crippen molar-refractivity contribution in [3.8, 4) is 22.8 Å². The van der Waals surface area contributed by atoms with Crippen LogP contribution >= 0.6 is 27.3 Å². The minimum absolute atomic E-state index is 0.289. The number of halogens is 1. The number of esters is 1. The fraction of sp³-hybridized carbons (Fsp3) is 0.150. The van der Waals surface area contributed by atoms with E-state index in [0.29, 0.717) is 10.9 Å². The Morgan fingerprint density at radius 2 is 1.90 bits per heavy atom. The van der Waals surface area contributed by atoms with E-state index in [2.05, 4.69) is 26.2 Å². The number of nitrogens with zero attached hydrogens (tertiary/aromatic N) is 1. The van der Waals surface area contributed by atoms with E-state index in [1.807, 2.05) is 35.7 Å².